The molecular weight excluding hydrogens is 472 g/mol. The molecule has 0 spiro atoms. The van der Waals surface area contributed by atoms with Crippen LogP contribution in [0.2, 0.25) is 0 Å². The van der Waals surface area contributed by atoms with E-state index in [0.717, 1.165) is 5.92 Å². The van der Waals surface area contributed by atoms with E-state index in [1.165, 1.54) is 66.3 Å². The summed E-state index contributed by atoms with van der Waals surface area (Å²) in [4.78, 5) is 30.8. The SMILES string of the molecule is CC(NC(=O)CSc1nc2ccccc2c(=O)n1-c1ccc(OC(F)F)cc1)C1CC2CCC1C2. The van der Waals surface area contributed by atoms with E-state index in [1.54, 1.807) is 24.3 Å². The lowest BCUT2D eigenvalue weighted by Crippen LogP contribution is -2.41. The number of amides is 1. The molecule has 3 aromatic rings. The van der Waals surface area contributed by atoms with Gasteiger partial charge in [-0.05, 0) is 80.3 Å². The second kappa shape index (κ2) is 9.97. The van der Waals surface area contributed by atoms with Gasteiger partial charge in [-0.15, -0.1) is 0 Å². The predicted molar refractivity (Wildman–Crippen MR) is 131 cm³/mol. The van der Waals surface area contributed by atoms with Crippen molar-refractivity contribution in [1.82, 2.24) is 14.9 Å². The highest BCUT2D eigenvalue weighted by atomic mass is 32.2. The fourth-order valence-electron chi connectivity index (χ4n) is 5.65. The average molecular weight is 500 g/mol. The minimum atomic E-state index is -2.93. The van der Waals surface area contributed by atoms with Crippen LogP contribution >= 0.6 is 11.8 Å². The molecule has 6 nitrogen and oxygen atoms in total. The Morgan fingerprint density at radius 3 is 2.63 bits per heavy atom. The van der Waals surface area contributed by atoms with Gasteiger partial charge in [0.1, 0.15) is 5.75 Å². The molecule has 2 aliphatic carbocycles. The van der Waals surface area contributed by atoms with Crippen molar-refractivity contribution in [2.24, 2.45) is 17.8 Å². The lowest BCUT2D eigenvalue weighted by molar-refractivity contribution is -0.119. The lowest BCUT2D eigenvalue weighted by atomic mass is 9.84. The first kappa shape index (κ1) is 23.8. The van der Waals surface area contributed by atoms with E-state index in [2.05, 4.69) is 22.0 Å². The number of carbonyl (C=O) groups excluding carboxylic acids is 1. The maximum absolute atomic E-state index is 13.3. The van der Waals surface area contributed by atoms with Gasteiger partial charge in [0.25, 0.3) is 5.56 Å². The van der Waals surface area contributed by atoms with Gasteiger partial charge in [-0.25, -0.2) is 4.98 Å². The fraction of sp³-hybridized carbons (Fsp3) is 0.423. The molecule has 2 aromatic carbocycles. The predicted octanol–water partition coefficient (Wildman–Crippen LogP) is 5.02. The second-order valence-corrected chi connectivity index (χ2v) is 10.4. The van der Waals surface area contributed by atoms with Gasteiger partial charge in [0.05, 0.1) is 22.3 Å². The number of fused-ring (bicyclic) bond motifs is 3. The highest BCUT2D eigenvalue weighted by Crippen LogP contribution is 2.49. The Bertz CT molecular complexity index is 1280. The molecule has 1 aromatic heterocycles. The molecule has 0 aliphatic heterocycles. The Labute approximate surface area is 206 Å². The number of hydrogen-bond acceptors (Lipinski definition) is 5. The molecule has 1 amide bonds. The Kier molecular flexibility index (Phi) is 6.77. The summed E-state index contributed by atoms with van der Waals surface area (Å²) in [6.45, 7) is -0.849. The van der Waals surface area contributed by atoms with Crippen LogP contribution in [0.1, 0.15) is 32.6 Å². The summed E-state index contributed by atoms with van der Waals surface area (Å²) in [5, 5.41) is 3.94. The van der Waals surface area contributed by atoms with Crippen LogP contribution in [-0.4, -0.2) is 33.9 Å². The van der Waals surface area contributed by atoms with Gasteiger partial charge in [-0.3, -0.25) is 14.2 Å². The van der Waals surface area contributed by atoms with Gasteiger partial charge >= 0.3 is 6.61 Å². The lowest BCUT2D eigenvalue weighted by Gasteiger charge is -2.28. The number of aromatic nitrogens is 2. The molecule has 35 heavy (non-hydrogen) atoms. The third kappa shape index (κ3) is 5.05. The van der Waals surface area contributed by atoms with Crippen LogP contribution in [0.25, 0.3) is 16.6 Å². The van der Waals surface area contributed by atoms with Crippen LogP contribution in [0.5, 0.6) is 5.75 Å². The third-order valence-corrected chi connectivity index (χ3v) is 8.16. The van der Waals surface area contributed by atoms with Crippen molar-refractivity contribution < 1.29 is 18.3 Å². The van der Waals surface area contributed by atoms with E-state index in [4.69, 9.17) is 0 Å². The van der Waals surface area contributed by atoms with Crippen molar-refractivity contribution in [3.8, 4) is 11.4 Å². The number of nitrogens with one attached hydrogen (secondary N) is 1. The van der Waals surface area contributed by atoms with Gasteiger partial charge in [0.15, 0.2) is 5.16 Å². The minimum absolute atomic E-state index is 0.00581. The molecule has 4 atom stereocenters. The van der Waals surface area contributed by atoms with Crippen LogP contribution in [0.15, 0.2) is 58.5 Å². The van der Waals surface area contributed by atoms with Crippen molar-refractivity contribution in [3.63, 3.8) is 0 Å². The monoisotopic (exact) mass is 499 g/mol. The topological polar surface area (TPSA) is 73.2 Å². The highest BCUT2D eigenvalue weighted by Gasteiger charge is 2.42. The van der Waals surface area contributed by atoms with Crippen LogP contribution in [-0.2, 0) is 4.79 Å². The number of halogens is 2. The summed E-state index contributed by atoms with van der Waals surface area (Å²) in [5.74, 6) is 2.07. The zero-order chi connectivity index (χ0) is 24.5. The quantitative estimate of drug-likeness (QED) is 0.348. The summed E-state index contributed by atoms with van der Waals surface area (Å²) in [6, 6.07) is 12.9. The number of thioether (sulfide) groups is 1. The molecule has 2 saturated carbocycles. The maximum Gasteiger partial charge on any atom is 0.387 e. The van der Waals surface area contributed by atoms with Crippen molar-refractivity contribution >= 4 is 28.6 Å². The van der Waals surface area contributed by atoms with E-state index in [1.807, 2.05) is 0 Å². The van der Waals surface area contributed by atoms with Gasteiger partial charge in [-0.1, -0.05) is 30.3 Å². The van der Waals surface area contributed by atoms with Gasteiger partial charge < -0.3 is 10.1 Å². The first-order valence-corrected chi connectivity index (χ1v) is 12.9. The molecular formula is C26H27F2N3O3S. The number of nitrogens with zero attached hydrogens (tertiary/aromatic N) is 2. The molecule has 5 rings (SSSR count). The smallest absolute Gasteiger partial charge is 0.387 e. The molecule has 1 heterocycles. The number of alkyl halides is 2. The van der Waals surface area contributed by atoms with E-state index in [0.29, 0.717) is 33.6 Å². The number of para-hydroxylation sites is 1. The van der Waals surface area contributed by atoms with Crippen LogP contribution in [0, 0.1) is 17.8 Å². The molecule has 9 heteroatoms. The molecule has 4 unspecified atom stereocenters. The number of hydrogen-bond donors (Lipinski definition) is 1. The third-order valence-electron chi connectivity index (χ3n) is 7.22. The van der Waals surface area contributed by atoms with Crippen molar-refractivity contribution in [2.45, 2.75) is 50.4 Å². The highest BCUT2D eigenvalue weighted by molar-refractivity contribution is 7.99. The summed E-state index contributed by atoms with van der Waals surface area (Å²) in [6.07, 6.45) is 5.06. The Hall–Kier alpha value is -2.94. The van der Waals surface area contributed by atoms with Crippen molar-refractivity contribution in [3.05, 3.63) is 58.9 Å². The second-order valence-electron chi connectivity index (χ2n) is 9.41. The van der Waals surface area contributed by atoms with Gasteiger partial charge in [0.2, 0.25) is 5.91 Å². The first-order valence-electron chi connectivity index (χ1n) is 11.9. The standard InChI is InChI=1S/C26H27F2N3O3S/c1-15(21-13-16-6-7-17(21)12-16)29-23(32)14-35-26-30-22-5-3-2-4-20(22)24(33)31(26)18-8-10-19(11-9-18)34-25(27)28/h2-5,8-11,15-17,21,25H,6-7,12-14H2,1H3,(H,29,32). The summed E-state index contributed by atoms with van der Waals surface area (Å²) in [5.41, 5.74) is 0.689. The Morgan fingerprint density at radius 2 is 1.94 bits per heavy atom. The van der Waals surface area contributed by atoms with Crippen molar-refractivity contribution in [2.75, 3.05) is 5.75 Å². The number of rotatable bonds is 8. The zero-order valence-electron chi connectivity index (χ0n) is 19.3. The average Bonchev–Trinajstić information content (AvgIpc) is 3.47. The minimum Gasteiger partial charge on any atom is -0.435 e. The van der Waals surface area contributed by atoms with Crippen LogP contribution in [0.3, 0.4) is 0 Å². The molecule has 0 saturated heterocycles. The Morgan fingerprint density at radius 1 is 1.17 bits per heavy atom. The Balaban J connectivity index is 1.36. The molecule has 2 aliphatic rings. The van der Waals surface area contributed by atoms with Gasteiger partial charge in [0, 0.05) is 6.04 Å². The number of ether oxygens (including phenoxy) is 1. The molecule has 2 bridgehead atoms. The maximum atomic E-state index is 13.3. The van der Waals surface area contributed by atoms with E-state index in [9.17, 15) is 18.4 Å². The largest absolute Gasteiger partial charge is 0.435 e. The zero-order valence-corrected chi connectivity index (χ0v) is 20.1. The fourth-order valence-corrected chi connectivity index (χ4v) is 6.48. The summed E-state index contributed by atoms with van der Waals surface area (Å²) >= 11 is 1.18. The van der Waals surface area contributed by atoms with Crippen molar-refractivity contribution in [1.29, 1.82) is 0 Å². The first-order chi connectivity index (χ1) is 16.9. The van der Waals surface area contributed by atoms with Crippen LogP contribution < -0.4 is 15.6 Å². The molecule has 2 fully saturated rings. The number of carbonyl (C=O) groups is 1. The van der Waals surface area contributed by atoms with Crippen LogP contribution in [0.4, 0.5) is 8.78 Å². The molecule has 184 valence electrons. The summed E-state index contributed by atoms with van der Waals surface area (Å²) < 4.78 is 30.9. The normalized spacial score (nSPS) is 22.0. The number of benzene rings is 2. The van der Waals surface area contributed by atoms with E-state index in [-0.39, 0.29) is 29.0 Å². The van der Waals surface area contributed by atoms with E-state index >= 15 is 0 Å². The summed E-state index contributed by atoms with van der Waals surface area (Å²) in [7, 11) is 0. The molecule has 1 N–H and O–H groups in total. The van der Waals surface area contributed by atoms with E-state index < -0.39 is 6.61 Å². The molecule has 0 radical (unpaired) electrons. The van der Waals surface area contributed by atoms with Gasteiger partial charge in [-0.2, -0.15) is 8.78 Å².